The Morgan fingerprint density at radius 2 is 2.00 bits per heavy atom. The van der Waals surface area contributed by atoms with Gasteiger partial charge in [-0.15, -0.1) is 0 Å². The molecule has 0 bridgehead atoms. The van der Waals surface area contributed by atoms with Gasteiger partial charge < -0.3 is 19.9 Å². The van der Waals surface area contributed by atoms with Gasteiger partial charge in [-0.2, -0.15) is 0 Å². The number of rotatable bonds is 7. The van der Waals surface area contributed by atoms with Gasteiger partial charge in [0.1, 0.15) is 5.69 Å². The minimum atomic E-state index is -0.430. The van der Waals surface area contributed by atoms with Crippen molar-refractivity contribution in [1.82, 2.24) is 0 Å². The summed E-state index contributed by atoms with van der Waals surface area (Å²) < 4.78 is 10.3. The summed E-state index contributed by atoms with van der Waals surface area (Å²) in [6.45, 7) is 0.136. The molecule has 0 amide bonds. The maximum atomic E-state index is 11.3. The molecule has 1 aliphatic carbocycles. The van der Waals surface area contributed by atoms with Gasteiger partial charge in [0.25, 0.3) is 5.69 Å². The van der Waals surface area contributed by atoms with Gasteiger partial charge in [-0.1, -0.05) is 6.42 Å². The number of anilines is 1. The third kappa shape index (κ3) is 3.41. The molecular weight excluding hydrogens is 288 g/mol. The van der Waals surface area contributed by atoms with Gasteiger partial charge in [0.15, 0.2) is 11.5 Å². The van der Waals surface area contributed by atoms with E-state index >= 15 is 0 Å². The summed E-state index contributed by atoms with van der Waals surface area (Å²) in [5.41, 5.74) is 0.393. The van der Waals surface area contributed by atoms with Gasteiger partial charge in [-0.05, 0) is 25.2 Å². The van der Waals surface area contributed by atoms with Crippen LogP contribution in [-0.4, -0.2) is 36.9 Å². The molecular formula is C15H22N2O5. The largest absolute Gasteiger partial charge is 0.493 e. The van der Waals surface area contributed by atoms with Crippen molar-refractivity contribution in [3.63, 3.8) is 0 Å². The van der Waals surface area contributed by atoms with Crippen molar-refractivity contribution in [2.45, 2.75) is 31.7 Å². The Morgan fingerprint density at radius 3 is 2.59 bits per heavy atom. The Hall–Kier alpha value is -2.02. The molecule has 2 rings (SSSR count). The molecule has 0 saturated heterocycles. The zero-order valence-electron chi connectivity index (χ0n) is 12.9. The van der Waals surface area contributed by atoms with Crippen molar-refractivity contribution in [2.24, 2.45) is 5.92 Å². The standard InChI is InChI=1S/C15H22N2O5/c1-21-14-8-12(13(17(19)20)9-15(14)22-2)16-11-5-3-4-10(11)6-7-18/h8-11,16,18H,3-7H2,1-2H3. The summed E-state index contributed by atoms with van der Waals surface area (Å²) >= 11 is 0. The van der Waals surface area contributed by atoms with Crippen LogP contribution in [0.15, 0.2) is 12.1 Å². The Labute approximate surface area is 129 Å². The monoisotopic (exact) mass is 310 g/mol. The van der Waals surface area contributed by atoms with Crippen LogP contribution >= 0.6 is 0 Å². The highest BCUT2D eigenvalue weighted by Crippen LogP contribution is 2.40. The predicted octanol–water partition coefficient (Wildman–Crippen LogP) is 2.58. The Balaban J connectivity index is 2.30. The third-order valence-corrected chi connectivity index (χ3v) is 4.20. The van der Waals surface area contributed by atoms with Crippen molar-refractivity contribution >= 4 is 11.4 Å². The lowest BCUT2D eigenvalue weighted by Crippen LogP contribution is -2.25. The van der Waals surface area contributed by atoms with E-state index in [4.69, 9.17) is 14.6 Å². The van der Waals surface area contributed by atoms with E-state index in [0.29, 0.717) is 29.5 Å². The van der Waals surface area contributed by atoms with E-state index in [-0.39, 0.29) is 18.3 Å². The van der Waals surface area contributed by atoms with Gasteiger partial charge >= 0.3 is 0 Å². The number of ether oxygens (including phenoxy) is 2. The van der Waals surface area contributed by atoms with Crippen LogP contribution in [0.25, 0.3) is 0 Å². The van der Waals surface area contributed by atoms with Crippen LogP contribution in [0.5, 0.6) is 11.5 Å². The van der Waals surface area contributed by atoms with E-state index in [2.05, 4.69) is 5.32 Å². The minimum Gasteiger partial charge on any atom is -0.493 e. The van der Waals surface area contributed by atoms with Crippen LogP contribution < -0.4 is 14.8 Å². The second-order valence-electron chi connectivity index (χ2n) is 5.44. The summed E-state index contributed by atoms with van der Waals surface area (Å²) in [4.78, 5) is 10.9. The summed E-state index contributed by atoms with van der Waals surface area (Å²) in [7, 11) is 2.94. The van der Waals surface area contributed by atoms with Gasteiger partial charge in [-0.25, -0.2) is 0 Å². The first-order chi connectivity index (χ1) is 10.6. The average Bonchev–Trinajstić information content (AvgIpc) is 2.94. The Morgan fingerprint density at radius 1 is 1.32 bits per heavy atom. The number of aliphatic hydroxyl groups is 1. The van der Waals surface area contributed by atoms with Crippen molar-refractivity contribution in [1.29, 1.82) is 0 Å². The number of nitro groups is 1. The van der Waals surface area contributed by atoms with Crippen LogP contribution in [0.4, 0.5) is 11.4 Å². The molecule has 22 heavy (non-hydrogen) atoms. The molecule has 122 valence electrons. The summed E-state index contributed by atoms with van der Waals surface area (Å²) in [5, 5.41) is 23.7. The van der Waals surface area contributed by atoms with Gasteiger partial charge in [0.2, 0.25) is 0 Å². The molecule has 2 N–H and O–H groups in total. The Bertz CT molecular complexity index is 535. The lowest BCUT2D eigenvalue weighted by atomic mass is 9.99. The first-order valence-corrected chi connectivity index (χ1v) is 7.38. The molecule has 1 saturated carbocycles. The number of aliphatic hydroxyl groups excluding tert-OH is 1. The molecule has 1 aromatic rings. The minimum absolute atomic E-state index is 0.0349. The highest BCUT2D eigenvalue weighted by atomic mass is 16.6. The van der Waals surface area contributed by atoms with Gasteiger partial charge in [0.05, 0.1) is 25.2 Å². The van der Waals surface area contributed by atoms with E-state index in [1.165, 1.54) is 20.3 Å². The summed E-state index contributed by atoms with van der Waals surface area (Å²) in [6, 6.07) is 3.10. The molecule has 0 heterocycles. The van der Waals surface area contributed by atoms with Crippen molar-refractivity contribution < 1.29 is 19.5 Å². The SMILES string of the molecule is COc1cc(NC2CCCC2CCO)c([N+](=O)[O-])cc1OC. The number of benzene rings is 1. The highest BCUT2D eigenvalue weighted by Gasteiger charge is 2.29. The molecule has 1 aliphatic rings. The number of nitrogens with one attached hydrogen (secondary N) is 1. The number of methoxy groups -OCH3 is 2. The van der Waals surface area contributed by atoms with Crippen LogP contribution in [0, 0.1) is 16.0 Å². The van der Waals surface area contributed by atoms with E-state index < -0.39 is 4.92 Å². The first-order valence-electron chi connectivity index (χ1n) is 7.38. The first kappa shape index (κ1) is 16.4. The van der Waals surface area contributed by atoms with E-state index in [1.54, 1.807) is 6.07 Å². The van der Waals surface area contributed by atoms with Crippen LogP contribution in [0.2, 0.25) is 0 Å². The van der Waals surface area contributed by atoms with Crippen LogP contribution in [-0.2, 0) is 0 Å². The zero-order valence-corrected chi connectivity index (χ0v) is 12.9. The lowest BCUT2D eigenvalue weighted by Gasteiger charge is -2.22. The fourth-order valence-electron chi connectivity index (χ4n) is 3.07. The summed E-state index contributed by atoms with van der Waals surface area (Å²) in [6.07, 6.45) is 3.73. The molecule has 1 aromatic carbocycles. The molecule has 0 aliphatic heterocycles. The second-order valence-corrected chi connectivity index (χ2v) is 5.44. The highest BCUT2D eigenvalue weighted by molar-refractivity contribution is 5.69. The third-order valence-electron chi connectivity index (χ3n) is 4.20. The van der Waals surface area contributed by atoms with Crippen molar-refractivity contribution in [3.05, 3.63) is 22.2 Å². The van der Waals surface area contributed by atoms with Crippen LogP contribution in [0.3, 0.4) is 0 Å². The second kappa shape index (κ2) is 7.31. The quantitative estimate of drug-likeness (QED) is 0.594. The fraction of sp³-hybridized carbons (Fsp3) is 0.600. The molecule has 1 fully saturated rings. The maximum Gasteiger partial charge on any atom is 0.296 e. The van der Waals surface area contributed by atoms with Crippen LogP contribution in [0.1, 0.15) is 25.7 Å². The Kier molecular flexibility index (Phi) is 5.43. The topological polar surface area (TPSA) is 93.9 Å². The van der Waals surface area contributed by atoms with Gasteiger partial charge in [0, 0.05) is 18.7 Å². The normalized spacial score (nSPS) is 20.7. The van der Waals surface area contributed by atoms with E-state index in [0.717, 1.165) is 19.3 Å². The smallest absolute Gasteiger partial charge is 0.296 e. The predicted molar refractivity (Wildman–Crippen MR) is 82.7 cm³/mol. The number of hydrogen-bond acceptors (Lipinski definition) is 6. The maximum absolute atomic E-state index is 11.3. The van der Waals surface area contributed by atoms with Crippen molar-refractivity contribution in [3.8, 4) is 11.5 Å². The number of nitro benzene ring substituents is 1. The average molecular weight is 310 g/mol. The van der Waals surface area contributed by atoms with Crippen molar-refractivity contribution in [2.75, 3.05) is 26.1 Å². The molecule has 0 radical (unpaired) electrons. The van der Waals surface area contributed by atoms with Gasteiger partial charge in [-0.3, -0.25) is 10.1 Å². The van der Waals surface area contributed by atoms with E-state index in [9.17, 15) is 10.1 Å². The lowest BCUT2D eigenvalue weighted by molar-refractivity contribution is -0.384. The molecule has 7 heteroatoms. The molecule has 0 aromatic heterocycles. The fourth-order valence-corrected chi connectivity index (χ4v) is 3.07. The van der Waals surface area contributed by atoms with E-state index in [1.807, 2.05) is 0 Å². The zero-order chi connectivity index (χ0) is 16.1. The number of nitrogens with zero attached hydrogens (tertiary/aromatic N) is 1. The molecule has 0 spiro atoms. The summed E-state index contributed by atoms with van der Waals surface area (Å²) in [5.74, 6) is 1.11. The number of hydrogen-bond donors (Lipinski definition) is 2. The molecule has 2 atom stereocenters. The molecule has 7 nitrogen and oxygen atoms in total. The molecule has 2 unspecified atom stereocenters.